The van der Waals surface area contributed by atoms with Gasteiger partial charge >= 0.3 is 5.97 Å². The van der Waals surface area contributed by atoms with Crippen molar-refractivity contribution in [1.29, 1.82) is 0 Å². The summed E-state index contributed by atoms with van der Waals surface area (Å²) >= 11 is 0. The van der Waals surface area contributed by atoms with Crippen LogP contribution in [-0.2, 0) is 14.3 Å². The van der Waals surface area contributed by atoms with Gasteiger partial charge in [-0.3, -0.25) is 9.59 Å². The van der Waals surface area contributed by atoms with Gasteiger partial charge in [0.05, 0.1) is 25.4 Å². The topological polar surface area (TPSA) is 95.9 Å². The molecule has 0 aromatic heterocycles. The van der Waals surface area contributed by atoms with Gasteiger partial charge < -0.3 is 20.3 Å². The summed E-state index contributed by atoms with van der Waals surface area (Å²) in [7, 11) is 0. The monoisotopic (exact) mass is 1130 g/mol. The van der Waals surface area contributed by atoms with E-state index in [-0.39, 0.29) is 18.5 Å². The van der Waals surface area contributed by atoms with Crippen LogP contribution in [0.5, 0.6) is 0 Å². The molecule has 1 amide bonds. The van der Waals surface area contributed by atoms with E-state index in [1.807, 2.05) is 0 Å². The fraction of sp³-hybridized carbons (Fsp3) is 0.919. The Bertz CT molecular complexity index is 1250. The highest BCUT2D eigenvalue weighted by Crippen LogP contribution is 2.19. The third kappa shape index (κ3) is 65.5. The van der Waals surface area contributed by atoms with Crippen LogP contribution in [0.3, 0.4) is 0 Å². The molecule has 0 aliphatic rings. The highest BCUT2D eigenvalue weighted by atomic mass is 16.5. The lowest BCUT2D eigenvalue weighted by Gasteiger charge is -2.22. The number of carbonyl (C=O) groups excluding carboxylic acids is 2. The van der Waals surface area contributed by atoms with E-state index in [0.29, 0.717) is 25.9 Å². The SMILES string of the molecule is CCCCCCCCCCCCCCCCCCCCCC(=O)OCCCCCCCCCCCCC/C=C\C/C=C\CCCCCCCCCCCCCCCCCCCC(=O)NC(CO)C(O)CCCCCCCCCCC. The van der Waals surface area contributed by atoms with Crippen LogP contribution in [0.4, 0.5) is 0 Å². The van der Waals surface area contributed by atoms with Gasteiger partial charge in [0.25, 0.3) is 0 Å². The summed E-state index contributed by atoms with van der Waals surface area (Å²) in [6.45, 7) is 4.97. The van der Waals surface area contributed by atoms with Crippen LogP contribution in [-0.4, -0.2) is 47.4 Å². The average molecular weight is 1130 g/mol. The predicted octanol–water partition coefficient (Wildman–Crippen LogP) is 23.7. The number of aliphatic hydroxyl groups is 2. The lowest BCUT2D eigenvalue weighted by Crippen LogP contribution is -2.45. The number of ether oxygens (including phenoxy) is 1. The van der Waals surface area contributed by atoms with Gasteiger partial charge in [-0.15, -0.1) is 0 Å². The maximum absolute atomic E-state index is 12.4. The molecule has 0 saturated carbocycles. The van der Waals surface area contributed by atoms with Crippen molar-refractivity contribution in [3.8, 4) is 0 Å². The van der Waals surface area contributed by atoms with E-state index in [4.69, 9.17) is 4.74 Å². The van der Waals surface area contributed by atoms with Gasteiger partial charge in [0.15, 0.2) is 0 Å². The Hall–Kier alpha value is -1.66. The zero-order valence-electron chi connectivity index (χ0n) is 54.3. The molecule has 2 atom stereocenters. The van der Waals surface area contributed by atoms with Gasteiger partial charge in [-0.05, 0) is 57.8 Å². The molecule has 3 N–H and O–H groups in total. The number of hydrogen-bond acceptors (Lipinski definition) is 5. The largest absolute Gasteiger partial charge is 0.466 e. The van der Waals surface area contributed by atoms with Crippen molar-refractivity contribution in [2.75, 3.05) is 13.2 Å². The number of nitrogens with one attached hydrogen (secondary N) is 1. The third-order valence-corrected chi connectivity index (χ3v) is 17.3. The van der Waals surface area contributed by atoms with Crippen LogP contribution in [0, 0.1) is 0 Å². The molecule has 0 heterocycles. The van der Waals surface area contributed by atoms with Gasteiger partial charge in [0, 0.05) is 12.8 Å². The van der Waals surface area contributed by atoms with E-state index >= 15 is 0 Å². The summed E-state index contributed by atoms with van der Waals surface area (Å²) in [5.41, 5.74) is 0. The van der Waals surface area contributed by atoms with E-state index in [0.717, 1.165) is 44.9 Å². The minimum absolute atomic E-state index is 0.0223. The van der Waals surface area contributed by atoms with Crippen LogP contribution in [0.1, 0.15) is 412 Å². The molecule has 0 fully saturated rings. The minimum atomic E-state index is -0.660. The molecule has 6 heteroatoms. The molecule has 80 heavy (non-hydrogen) atoms. The molecule has 0 radical (unpaired) electrons. The number of unbranched alkanes of at least 4 members (excludes halogenated alkanes) is 54. The van der Waals surface area contributed by atoms with Gasteiger partial charge in [-0.1, -0.05) is 366 Å². The molecule has 0 spiro atoms. The number of esters is 1. The van der Waals surface area contributed by atoms with Crippen LogP contribution in [0.25, 0.3) is 0 Å². The van der Waals surface area contributed by atoms with Crippen molar-refractivity contribution < 1.29 is 24.5 Å². The van der Waals surface area contributed by atoms with Crippen molar-refractivity contribution in [2.24, 2.45) is 0 Å². The normalized spacial score (nSPS) is 12.6. The summed E-state index contributed by atoms with van der Waals surface area (Å²) in [5, 5.41) is 23.1. The summed E-state index contributed by atoms with van der Waals surface area (Å²) in [6, 6.07) is -0.537. The number of allylic oxidation sites excluding steroid dienone is 4. The zero-order valence-corrected chi connectivity index (χ0v) is 54.3. The number of rotatable bonds is 69. The first-order valence-corrected chi connectivity index (χ1v) is 36.6. The second-order valence-corrected chi connectivity index (χ2v) is 25.3. The van der Waals surface area contributed by atoms with Crippen molar-refractivity contribution in [3.63, 3.8) is 0 Å². The maximum atomic E-state index is 12.4. The summed E-state index contributed by atoms with van der Waals surface area (Å²) in [6.07, 6.45) is 88.4. The Labute approximate surface area is 501 Å². The van der Waals surface area contributed by atoms with E-state index < -0.39 is 12.1 Å². The molecule has 0 aromatic carbocycles. The number of amides is 1. The van der Waals surface area contributed by atoms with Crippen molar-refractivity contribution >= 4 is 11.9 Å². The second-order valence-electron chi connectivity index (χ2n) is 25.3. The molecule has 0 aliphatic carbocycles. The standard InChI is InChI=1S/C74H143NO5/c1-3-5-7-9-11-13-14-15-16-17-35-39-42-45-48-52-56-60-64-68-74(79)80-69-65-61-57-53-49-46-43-40-37-34-32-30-28-26-24-22-20-18-19-21-23-25-27-29-31-33-36-38-41-44-47-51-55-59-63-67-73(78)75-71(70-76)72(77)66-62-58-54-50-12-10-8-6-4-2/h20,22,26,28,71-72,76-77H,3-19,21,23-25,27,29-70H2,1-2H3,(H,75,78)/b22-20-,28-26-. The summed E-state index contributed by atoms with van der Waals surface area (Å²) in [5.74, 6) is -0.0110. The zero-order chi connectivity index (χ0) is 57.8. The molecule has 0 aliphatic heterocycles. The molecule has 0 rings (SSSR count). The Morgan fingerprint density at radius 2 is 0.625 bits per heavy atom. The average Bonchev–Trinajstić information content (AvgIpc) is 3.46. The highest BCUT2D eigenvalue weighted by molar-refractivity contribution is 5.76. The molecule has 6 nitrogen and oxygen atoms in total. The highest BCUT2D eigenvalue weighted by Gasteiger charge is 2.20. The first-order chi connectivity index (χ1) is 39.5. The minimum Gasteiger partial charge on any atom is -0.466 e. The number of hydrogen-bond donors (Lipinski definition) is 3. The van der Waals surface area contributed by atoms with Crippen LogP contribution < -0.4 is 5.32 Å². The molecular weight excluding hydrogens is 983 g/mol. The van der Waals surface area contributed by atoms with E-state index in [1.54, 1.807) is 0 Å². The Morgan fingerprint density at radius 1 is 0.350 bits per heavy atom. The summed E-state index contributed by atoms with van der Waals surface area (Å²) in [4.78, 5) is 24.5. The van der Waals surface area contributed by atoms with Crippen molar-refractivity contribution in [2.45, 2.75) is 424 Å². The van der Waals surface area contributed by atoms with Crippen molar-refractivity contribution in [1.82, 2.24) is 5.32 Å². The number of aliphatic hydroxyl groups excluding tert-OH is 2. The van der Waals surface area contributed by atoms with Gasteiger partial charge in [-0.25, -0.2) is 0 Å². The maximum Gasteiger partial charge on any atom is 0.305 e. The van der Waals surface area contributed by atoms with Gasteiger partial charge in [-0.2, -0.15) is 0 Å². The lowest BCUT2D eigenvalue weighted by molar-refractivity contribution is -0.143. The molecule has 0 bridgehead atoms. The smallest absolute Gasteiger partial charge is 0.305 e. The molecular formula is C74H143NO5. The van der Waals surface area contributed by atoms with Gasteiger partial charge in [0.2, 0.25) is 5.91 Å². The lowest BCUT2D eigenvalue weighted by atomic mass is 10.0. The second kappa shape index (κ2) is 69.8. The fourth-order valence-corrected chi connectivity index (χ4v) is 11.7. The molecule has 0 saturated heterocycles. The van der Waals surface area contributed by atoms with Crippen LogP contribution in [0.15, 0.2) is 24.3 Å². The van der Waals surface area contributed by atoms with Gasteiger partial charge in [0.1, 0.15) is 0 Å². The fourth-order valence-electron chi connectivity index (χ4n) is 11.7. The first kappa shape index (κ1) is 78.3. The van der Waals surface area contributed by atoms with E-state index in [2.05, 4.69) is 43.5 Å². The predicted molar refractivity (Wildman–Crippen MR) is 352 cm³/mol. The third-order valence-electron chi connectivity index (χ3n) is 17.3. The Morgan fingerprint density at radius 3 is 0.950 bits per heavy atom. The number of carbonyl (C=O) groups is 2. The Balaban J connectivity index is 3.32. The quantitative estimate of drug-likeness (QED) is 0.0320. The first-order valence-electron chi connectivity index (χ1n) is 36.6. The molecule has 2 unspecified atom stereocenters. The summed E-state index contributed by atoms with van der Waals surface area (Å²) < 4.78 is 5.51. The van der Waals surface area contributed by atoms with Crippen LogP contribution >= 0.6 is 0 Å². The molecule has 474 valence electrons. The van der Waals surface area contributed by atoms with E-state index in [9.17, 15) is 19.8 Å². The van der Waals surface area contributed by atoms with Crippen LogP contribution in [0.2, 0.25) is 0 Å². The van der Waals surface area contributed by atoms with Crippen molar-refractivity contribution in [3.05, 3.63) is 24.3 Å². The van der Waals surface area contributed by atoms with E-state index in [1.165, 1.54) is 334 Å². The molecule has 0 aromatic rings. The Kier molecular flexibility index (Phi) is 68.4.